The van der Waals surface area contributed by atoms with Crippen LogP contribution in [-0.4, -0.2) is 60.8 Å². The van der Waals surface area contributed by atoms with Crippen molar-refractivity contribution < 1.29 is 33.2 Å². The van der Waals surface area contributed by atoms with E-state index in [4.69, 9.17) is 33.2 Å². The van der Waals surface area contributed by atoms with Gasteiger partial charge in [0.1, 0.15) is 13.2 Å². The number of hydrogen-bond acceptors (Lipinski definition) is 7. The zero-order chi connectivity index (χ0) is 14.7. The Kier molecular flexibility index (Phi) is 1.64. The molecule has 10 atom stereocenters. The largest absolute Gasteiger partial charge is 0.369 e. The summed E-state index contributed by atoms with van der Waals surface area (Å²) in [5, 5.41) is 0. The van der Waals surface area contributed by atoms with Gasteiger partial charge < -0.3 is 33.2 Å². The Balaban J connectivity index is 1.18. The first-order chi connectivity index (χ1) is 11.2. The van der Waals surface area contributed by atoms with E-state index in [9.17, 15) is 0 Å². The minimum Gasteiger partial charge on any atom is -0.369 e. The van der Waals surface area contributed by atoms with Gasteiger partial charge >= 0.3 is 0 Å². The maximum Gasteiger partial charge on any atom is 0.251 e. The second-order valence-corrected chi connectivity index (χ2v) is 8.37. The average molecular weight is 322 g/mol. The first-order valence-electron chi connectivity index (χ1n) is 8.90. The molecule has 0 radical (unpaired) electrons. The average Bonchev–Trinajstić information content (AvgIpc) is 3.40. The molecule has 6 saturated heterocycles. The van der Waals surface area contributed by atoms with Crippen molar-refractivity contribution >= 4 is 0 Å². The van der Waals surface area contributed by atoms with Crippen molar-refractivity contribution in [3.63, 3.8) is 0 Å². The van der Waals surface area contributed by atoms with Gasteiger partial charge in [0.2, 0.25) is 11.6 Å². The molecular formula is C16H18O7. The molecule has 7 nitrogen and oxygen atoms in total. The number of fused-ring (bicyclic) bond motifs is 2. The highest BCUT2D eigenvalue weighted by atomic mass is 17.0. The third-order valence-corrected chi connectivity index (χ3v) is 7.27. The zero-order valence-corrected chi connectivity index (χ0v) is 12.6. The van der Waals surface area contributed by atoms with Gasteiger partial charge in [0.15, 0.2) is 0 Å². The highest BCUT2D eigenvalue weighted by Gasteiger charge is 2.95. The summed E-state index contributed by atoms with van der Waals surface area (Å²) in [6, 6.07) is 0. The standard InChI is InChI=1S/C16H18O7/c1-3-9-11(19-9)7(1)15(13(21-15)5-17-13)23-16(14(22-16)6-18-14)8-2-4-10-12(8)20-10/h7-12H,1-6H2. The smallest absolute Gasteiger partial charge is 0.251 e. The molecule has 8 fully saturated rings. The Morgan fingerprint density at radius 3 is 1.43 bits per heavy atom. The highest BCUT2D eigenvalue weighted by Crippen LogP contribution is 2.75. The van der Waals surface area contributed by atoms with Gasteiger partial charge in [-0.1, -0.05) is 0 Å². The third-order valence-electron chi connectivity index (χ3n) is 7.27. The summed E-state index contributed by atoms with van der Waals surface area (Å²) in [6.07, 6.45) is 5.63. The molecule has 0 N–H and O–H groups in total. The monoisotopic (exact) mass is 322 g/mol. The Labute approximate surface area is 132 Å². The fraction of sp³-hybridized carbons (Fsp3) is 1.00. The van der Waals surface area contributed by atoms with Gasteiger partial charge in [-0.3, -0.25) is 0 Å². The molecule has 0 aromatic heterocycles. The Bertz CT molecular complexity index is 590. The second-order valence-electron chi connectivity index (χ2n) is 8.37. The summed E-state index contributed by atoms with van der Waals surface area (Å²) in [4.78, 5) is 0. The number of epoxide rings is 6. The van der Waals surface area contributed by atoms with Crippen LogP contribution in [0.3, 0.4) is 0 Å². The van der Waals surface area contributed by atoms with Crippen molar-refractivity contribution in [3.8, 4) is 0 Å². The predicted molar refractivity (Wildman–Crippen MR) is 68.9 cm³/mol. The third kappa shape index (κ3) is 1.21. The molecule has 2 saturated carbocycles. The summed E-state index contributed by atoms with van der Waals surface area (Å²) in [5.41, 5.74) is 0. The zero-order valence-electron chi connectivity index (χ0n) is 12.6. The predicted octanol–water partition coefficient (Wildman–Crippen LogP) is 0.264. The lowest BCUT2D eigenvalue weighted by atomic mass is 9.93. The van der Waals surface area contributed by atoms with Crippen LogP contribution >= 0.6 is 0 Å². The van der Waals surface area contributed by atoms with Gasteiger partial charge in [0.05, 0.1) is 24.4 Å². The van der Waals surface area contributed by atoms with Crippen molar-refractivity contribution in [2.45, 2.75) is 73.2 Å². The van der Waals surface area contributed by atoms with Gasteiger partial charge in [-0.05, 0) is 25.7 Å². The van der Waals surface area contributed by atoms with E-state index in [1.54, 1.807) is 0 Å². The van der Waals surface area contributed by atoms with Crippen LogP contribution < -0.4 is 0 Å². The van der Waals surface area contributed by atoms with Crippen molar-refractivity contribution in [2.24, 2.45) is 11.8 Å². The molecule has 23 heavy (non-hydrogen) atoms. The van der Waals surface area contributed by atoms with Crippen LogP contribution in [-0.2, 0) is 33.2 Å². The van der Waals surface area contributed by atoms with Crippen molar-refractivity contribution in [3.05, 3.63) is 0 Å². The Morgan fingerprint density at radius 2 is 1.17 bits per heavy atom. The Morgan fingerprint density at radius 1 is 0.696 bits per heavy atom. The first-order valence-corrected chi connectivity index (χ1v) is 8.90. The van der Waals surface area contributed by atoms with Crippen LogP contribution in [0.4, 0.5) is 0 Å². The lowest BCUT2D eigenvalue weighted by Gasteiger charge is -2.28. The van der Waals surface area contributed by atoms with Crippen molar-refractivity contribution in [1.29, 1.82) is 0 Å². The summed E-state index contributed by atoms with van der Waals surface area (Å²) in [7, 11) is 0. The van der Waals surface area contributed by atoms with Gasteiger partial charge in [0.25, 0.3) is 11.6 Å². The second kappa shape index (κ2) is 3.11. The minimum atomic E-state index is -0.703. The van der Waals surface area contributed by atoms with Gasteiger partial charge in [-0.25, -0.2) is 0 Å². The number of rotatable bonds is 4. The van der Waals surface area contributed by atoms with Gasteiger partial charge in [-0.2, -0.15) is 0 Å². The van der Waals surface area contributed by atoms with E-state index in [1.165, 1.54) is 0 Å². The van der Waals surface area contributed by atoms with E-state index in [0.29, 0.717) is 25.4 Å². The molecule has 7 heteroatoms. The molecule has 8 rings (SSSR count). The van der Waals surface area contributed by atoms with Crippen LogP contribution in [0.1, 0.15) is 25.7 Å². The molecule has 0 bridgehead atoms. The number of hydrogen-bond donors (Lipinski definition) is 0. The van der Waals surface area contributed by atoms with E-state index < -0.39 is 23.1 Å². The van der Waals surface area contributed by atoms with Gasteiger partial charge in [-0.15, -0.1) is 0 Å². The summed E-state index contributed by atoms with van der Waals surface area (Å²) < 4.78 is 41.7. The van der Waals surface area contributed by atoms with Crippen molar-refractivity contribution in [1.82, 2.24) is 0 Å². The maximum atomic E-state index is 6.71. The molecule has 0 amide bonds. The fourth-order valence-corrected chi connectivity index (χ4v) is 5.69. The SMILES string of the molecule is C1CC(C2(OC3(C4CCC5OC54)OC34CO4)OC23CO3)C2OC12. The van der Waals surface area contributed by atoms with E-state index in [2.05, 4.69) is 0 Å². The molecule has 6 heterocycles. The van der Waals surface area contributed by atoms with Gasteiger partial charge in [0, 0.05) is 11.8 Å². The fourth-order valence-electron chi connectivity index (χ4n) is 5.69. The summed E-state index contributed by atoms with van der Waals surface area (Å²) >= 11 is 0. The van der Waals surface area contributed by atoms with Crippen LogP contribution in [0.2, 0.25) is 0 Å². The Hall–Kier alpha value is -0.280. The quantitative estimate of drug-likeness (QED) is 0.687. The maximum absolute atomic E-state index is 6.71. The minimum absolute atomic E-state index is 0.240. The molecule has 6 aliphatic heterocycles. The van der Waals surface area contributed by atoms with Crippen LogP contribution in [0.15, 0.2) is 0 Å². The molecule has 2 spiro atoms. The summed E-state index contributed by atoms with van der Waals surface area (Å²) in [5.74, 6) is -2.02. The molecule has 124 valence electrons. The molecular weight excluding hydrogens is 304 g/mol. The van der Waals surface area contributed by atoms with Crippen molar-refractivity contribution in [2.75, 3.05) is 13.2 Å². The lowest BCUT2D eigenvalue weighted by Crippen LogP contribution is -2.44. The topological polar surface area (TPSA) is 84.4 Å². The normalized spacial score (nSPS) is 74.6. The van der Waals surface area contributed by atoms with E-state index in [1.807, 2.05) is 0 Å². The highest BCUT2D eigenvalue weighted by molar-refractivity contribution is 5.26. The van der Waals surface area contributed by atoms with Crippen LogP contribution in [0.25, 0.3) is 0 Å². The molecule has 0 aromatic rings. The molecule has 0 aromatic carbocycles. The van der Waals surface area contributed by atoms with E-state index in [0.717, 1.165) is 25.7 Å². The van der Waals surface area contributed by atoms with E-state index >= 15 is 0 Å². The number of ether oxygens (including phenoxy) is 7. The van der Waals surface area contributed by atoms with E-state index in [-0.39, 0.29) is 24.0 Å². The lowest BCUT2D eigenvalue weighted by molar-refractivity contribution is -0.203. The first kappa shape index (κ1) is 12.1. The van der Waals surface area contributed by atoms with Crippen LogP contribution in [0, 0.1) is 11.8 Å². The molecule has 2 aliphatic carbocycles. The summed E-state index contributed by atoms with van der Waals surface area (Å²) in [6.45, 7) is 1.22. The van der Waals surface area contributed by atoms with Crippen LogP contribution in [0.5, 0.6) is 0 Å². The molecule has 8 aliphatic rings. The molecule has 10 unspecified atom stereocenters.